The first kappa shape index (κ1) is 14.3. The molecule has 1 fully saturated rings. The fourth-order valence-electron chi connectivity index (χ4n) is 2.92. The fraction of sp³-hybridized carbons (Fsp3) is 0.312. The van der Waals surface area contributed by atoms with Crippen molar-refractivity contribution in [3.05, 3.63) is 43.0 Å². The summed E-state index contributed by atoms with van der Waals surface area (Å²) in [7, 11) is 0. The number of hydrogen-bond acceptors (Lipinski definition) is 6. The molecule has 2 N–H and O–H groups in total. The molecule has 3 atom stereocenters. The molecule has 0 amide bonds. The molecule has 118 valence electrons. The van der Waals surface area contributed by atoms with Gasteiger partial charge in [-0.2, -0.15) is 0 Å². The first-order chi connectivity index (χ1) is 11.3. The Hall–Kier alpha value is -2.35. The van der Waals surface area contributed by atoms with Gasteiger partial charge in [-0.25, -0.2) is 15.0 Å². The van der Waals surface area contributed by atoms with E-state index < -0.39 is 18.4 Å². The van der Waals surface area contributed by atoms with Crippen molar-refractivity contribution in [3.63, 3.8) is 0 Å². The molecule has 3 aromatic rings. The Morgan fingerprint density at radius 1 is 1.17 bits per heavy atom. The average molecular weight is 312 g/mol. The lowest BCUT2D eigenvalue weighted by atomic mass is 10.1. The Morgan fingerprint density at radius 3 is 2.74 bits per heavy atom. The van der Waals surface area contributed by atoms with Gasteiger partial charge in [0.25, 0.3) is 0 Å². The summed E-state index contributed by atoms with van der Waals surface area (Å²) in [6, 6.07) is 9.78. The topological polar surface area (TPSA) is 93.3 Å². The number of ether oxygens (including phenoxy) is 1. The van der Waals surface area contributed by atoms with Gasteiger partial charge in [0.05, 0.1) is 19.0 Å². The van der Waals surface area contributed by atoms with E-state index in [0.29, 0.717) is 17.6 Å². The molecule has 1 aliphatic heterocycles. The third-order valence-corrected chi connectivity index (χ3v) is 4.10. The molecular weight excluding hydrogens is 296 g/mol. The number of rotatable bonds is 3. The van der Waals surface area contributed by atoms with Crippen molar-refractivity contribution in [1.82, 2.24) is 19.5 Å². The van der Waals surface area contributed by atoms with E-state index in [9.17, 15) is 10.2 Å². The van der Waals surface area contributed by atoms with Gasteiger partial charge in [0.2, 0.25) is 0 Å². The Labute approximate surface area is 132 Å². The number of hydrogen-bond donors (Lipinski definition) is 2. The summed E-state index contributed by atoms with van der Waals surface area (Å²) in [6.45, 7) is -0.214. The lowest BCUT2D eigenvalue weighted by Gasteiger charge is -2.13. The fourth-order valence-corrected chi connectivity index (χ4v) is 2.92. The molecule has 0 aliphatic carbocycles. The van der Waals surface area contributed by atoms with Crippen LogP contribution in [0.5, 0.6) is 0 Å². The summed E-state index contributed by atoms with van der Waals surface area (Å²) in [4.78, 5) is 13.1. The predicted molar refractivity (Wildman–Crippen MR) is 82.4 cm³/mol. The van der Waals surface area contributed by atoms with Crippen molar-refractivity contribution in [3.8, 4) is 11.3 Å². The molecule has 0 bridgehead atoms. The van der Waals surface area contributed by atoms with E-state index in [2.05, 4.69) is 15.0 Å². The highest BCUT2D eigenvalue weighted by Gasteiger charge is 2.35. The maximum Gasteiger partial charge on any atom is 0.165 e. The monoisotopic (exact) mass is 312 g/mol. The quantitative estimate of drug-likeness (QED) is 0.753. The molecule has 0 radical (unpaired) electrons. The first-order valence-electron chi connectivity index (χ1n) is 7.45. The number of benzene rings is 1. The smallest absolute Gasteiger partial charge is 0.165 e. The second-order valence-corrected chi connectivity index (χ2v) is 5.53. The van der Waals surface area contributed by atoms with Crippen molar-refractivity contribution in [2.24, 2.45) is 0 Å². The van der Waals surface area contributed by atoms with Crippen molar-refractivity contribution in [1.29, 1.82) is 0 Å². The standard InChI is InChI=1S/C16H16N4O3/c21-7-12-11(22)6-13(23-12)20-9-19-15-14(17-8-18-16(15)20)10-4-2-1-3-5-10/h1-5,8-9,11-13,21-22H,6-7H2/t11-,12+,13+/m0/s1. The minimum Gasteiger partial charge on any atom is -0.394 e. The molecule has 0 spiro atoms. The highest BCUT2D eigenvalue weighted by molar-refractivity contribution is 5.87. The van der Waals surface area contributed by atoms with Gasteiger partial charge < -0.3 is 14.9 Å². The molecule has 1 aliphatic rings. The summed E-state index contributed by atoms with van der Waals surface area (Å²) in [5.41, 5.74) is 3.05. The van der Waals surface area contributed by atoms with Gasteiger partial charge in [-0.1, -0.05) is 30.3 Å². The van der Waals surface area contributed by atoms with Crippen LogP contribution in [0.25, 0.3) is 22.4 Å². The van der Waals surface area contributed by atoms with Crippen molar-refractivity contribution < 1.29 is 14.9 Å². The van der Waals surface area contributed by atoms with E-state index in [4.69, 9.17) is 4.74 Å². The Bertz CT molecular complexity index is 821. The number of aliphatic hydroxyl groups excluding tert-OH is 2. The van der Waals surface area contributed by atoms with E-state index in [1.54, 1.807) is 10.9 Å². The molecule has 1 saturated heterocycles. The highest BCUT2D eigenvalue weighted by Crippen LogP contribution is 2.32. The van der Waals surface area contributed by atoms with Gasteiger partial charge in [0, 0.05) is 12.0 Å². The molecule has 23 heavy (non-hydrogen) atoms. The predicted octanol–water partition coefficient (Wildman–Crippen LogP) is 1.13. The highest BCUT2D eigenvalue weighted by atomic mass is 16.5. The number of nitrogens with zero attached hydrogens (tertiary/aromatic N) is 4. The second kappa shape index (κ2) is 5.69. The first-order valence-corrected chi connectivity index (χ1v) is 7.45. The van der Waals surface area contributed by atoms with Crippen LogP contribution >= 0.6 is 0 Å². The van der Waals surface area contributed by atoms with Crippen molar-refractivity contribution in [2.45, 2.75) is 24.9 Å². The molecule has 0 unspecified atom stereocenters. The Morgan fingerprint density at radius 2 is 2.00 bits per heavy atom. The molecule has 4 rings (SSSR count). The van der Waals surface area contributed by atoms with Crippen LogP contribution in [0.15, 0.2) is 43.0 Å². The Kier molecular flexibility index (Phi) is 3.53. The molecular formula is C16H16N4O3. The number of aliphatic hydroxyl groups is 2. The largest absolute Gasteiger partial charge is 0.394 e. The minimum absolute atomic E-state index is 0.214. The van der Waals surface area contributed by atoms with Crippen molar-refractivity contribution in [2.75, 3.05) is 6.61 Å². The third kappa shape index (κ3) is 2.39. The van der Waals surface area contributed by atoms with Gasteiger partial charge in [0.15, 0.2) is 5.65 Å². The summed E-state index contributed by atoms with van der Waals surface area (Å²) in [6.07, 6.45) is 1.86. The van der Waals surface area contributed by atoms with Gasteiger partial charge in [-0.05, 0) is 0 Å². The van der Waals surface area contributed by atoms with E-state index >= 15 is 0 Å². The molecule has 7 heteroatoms. The number of aromatic nitrogens is 4. The van der Waals surface area contributed by atoms with Gasteiger partial charge >= 0.3 is 0 Å². The number of fused-ring (bicyclic) bond motifs is 1. The van der Waals surface area contributed by atoms with Gasteiger partial charge in [-0.15, -0.1) is 0 Å². The van der Waals surface area contributed by atoms with Crippen LogP contribution in [0, 0.1) is 0 Å². The van der Waals surface area contributed by atoms with Gasteiger partial charge in [-0.3, -0.25) is 4.57 Å². The zero-order valence-electron chi connectivity index (χ0n) is 12.3. The van der Waals surface area contributed by atoms with Crippen LogP contribution < -0.4 is 0 Å². The van der Waals surface area contributed by atoms with Crippen LogP contribution in [-0.2, 0) is 4.74 Å². The molecule has 0 saturated carbocycles. The van der Waals surface area contributed by atoms with E-state index in [1.165, 1.54) is 6.33 Å². The Balaban J connectivity index is 1.77. The lowest BCUT2D eigenvalue weighted by molar-refractivity contribution is -0.0432. The molecule has 3 heterocycles. The summed E-state index contributed by atoms with van der Waals surface area (Å²) in [5, 5.41) is 19.1. The zero-order chi connectivity index (χ0) is 15.8. The van der Waals surface area contributed by atoms with Crippen LogP contribution in [0.3, 0.4) is 0 Å². The van der Waals surface area contributed by atoms with Crippen molar-refractivity contribution >= 4 is 11.2 Å². The summed E-state index contributed by atoms with van der Waals surface area (Å²) in [5.74, 6) is 0. The molecule has 7 nitrogen and oxygen atoms in total. The van der Waals surface area contributed by atoms with E-state index in [1.807, 2.05) is 30.3 Å². The minimum atomic E-state index is -0.696. The third-order valence-electron chi connectivity index (χ3n) is 4.10. The van der Waals surface area contributed by atoms with Crippen LogP contribution in [0.1, 0.15) is 12.6 Å². The number of imidazole rings is 1. The van der Waals surface area contributed by atoms with E-state index in [-0.39, 0.29) is 6.61 Å². The average Bonchev–Trinajstić information content (AvgIpc) is 3.18. The summed E-state index contributed by atoms with van der Waals surface area (Å²) < 4.78 is 7.46. The van der Waals surface area contributed by atoms with Gasteiger partial charge in [0.1, 0.15) is 29.9 Å². The molecule has 2 aromatic heterocycles. The zero-order valence-corrected chi connectivity index (χ0v) is 12.3. The SMILES string of the molecule is OC[C@H]1O[C@@H](n2cnc3c(-c4ccccc4)ncnc32)C[C@@H]1O. The summed E-state index contributed by atoms with van der Waals surface area (Å²) >= 11 is 0. The van der Waals surface area contributed by atoms with E-state index in [0.717, 1.165) is 11.3 Å². The molecule has 1 aromatic carbocycles. The lowest BCUT2D eigenvalue weighted by Crippen LogP contribution is -2.24. The normalized spacial score (nSPS) is 24.3. The maximum atomic E-state index is 9.91. The van der Waals surface area contributed by atoms with Crippen LogP contribution in [-0.4, -0.2) is 48.5 Å². The second-order valence-electron chi connectivity index (χ2n) is 5.53. The van der Waals surface area contributed by atoms with Crippen LogP contribution in [0.4, 0.5) is 0 Å². The van der Waals surface area contributed by atoms with Crippen LogP contribution in [0.2, 0.25) is 0 Å². The maximum absolute atomic E-state index is 9.91.